The molecule has 0 fully saturated rings. The number of rotatable bonds is 5. The number of hydrogen-bond acceptors (Lipinski definition) is 2. The highest BCUT2D eigenvalue weighted by Crippen LogP contribution is 2.23. The fraction of sp³-hybridized carbons (Fsp3) is 0.375. The van der Waals surface area contributed by atoms with Gasteiger partial charge in [-0.15, -0.1) is 6.58 Å². The number of nitrogens with one attached hydrogen (secondary N) is 1. The highest BCUT2D eigenvalue weighted by atomic mass is 16.4. The van der Waals surface area contributed by atoms with Gasteiger partial charge in [0.2, 0.25) is 0 Å². The molecule has 0 atom stereocenters. The van der Waals surface area contributed by atoms with E-state index in [4.69, 9.17) is 5.11 Å². The van der Waals surface area contributed by atoms with Crippen molar-refractivity contribution in [1.29, 1.82) is 0 Å². The summed E-state index contributed by atoms with van der Waals surface area (Å²) in [7, 11) is 0. The van der Waals surface area contributed by atoms with Crippen LogP contribution >= 0.6 is 0 Å². The third kappa shape index (κ3) is 5.30. The van der Waals surface area contributed by atoms with E-state index in [1.165, 1.54) is 11.0 Å². The fourth-order valence-corrected chi connectivity index (χ4v) is 1.79. The van der Waals surface area contributed by atoms with Crippen molar-refractivity contribution >= 4 is 17.7 Å². The van der Waals surface area contributed by atoms with Crippen LogP contribution in [-0.4, -0.2) is 35.1 Å². The number of anilines is 1. The van der Waals surface area contributed by atoms with Gasteiger partial charge in [-0.2, -0.15) is 0 Å². The molecule has 0 aliphatic carbocycles. The first-order valence-electron chi connectivity index (χ1n) is 6.73. The van der Waals surface area contributed by atoms with Crippen LogP contribution in [0.2, 0.25) is 0 Å². The number of nitrogens with zero attached hydrogens (tertiary/aromatic N) is 1. The van der Waals surface area contributed by atoms with E-state index in [1.807, 2.05) is 24.3 Å². The molecule has 0 unspecified atom stereocenters. The second-order valence-corrected chi connectivity index (χ2v) is 5.82. The molecule has 0 heterocycles. The summed E-state index contributed by atoms with van der Waals surface area (Å²) in [6.07, 6.45) is 1.49. The Balaban J connectivity index is 2.76. The van der Waals surface area contributed by atoms with Gasteiger partial charge in [0, 0.05) is 12.2 Å². The van der Waals surface area contributed by atoms with Crippen LogP contribution in [0.25, 0.3) is 0 Å². The summed E-state index contributed by atoms with van der Waals surface area (Å²) in [5.74, 6) is -1.06. The van der Waals surface area contributed by atoms with Crippen LogP contribution in [0.5, 0.6) is 0 Å². The van der Waals surface area contributed by atoms with Gasteiger partial charge < -0.3 is 15.3 Å². The second kappa shape index (κ2) is 6.92. The van der Waals surface area contributed by atoms with Gasteiger partial charge in [0.05, 0.1) is 0 Å². The molecule has 0 saturated heterocycles. The number of carbonyl (C=O) groups excluding carboxylic acids is 1. The van der Waals surface area contributed by atoms with Crippen molar-refractivity contribution in [3.63, 3.8) is 0 Å². The van der Waals surface area contributed by atoms with Crippen LogP contribution < -0.4 is 5.32 Å². The summed E-state index contributed by atoms with van der Waals surface area (Å²) >= 11 is 0. The van der Waals surface area contributed by atoms with Gasteiger partial charge in [0.25, 0.3) is 0 Å². The lowest BCUT2D eigenvalue weighted by molar-refractivity contribution is -0.137. The van der Waals surface area contributed by atoms with Crippen LogP contribution in [0.4, 0.5) is 10.5 Å². The molecule has 21 heavy (non-hydrogen) atoms. The molecule has 0 aliphatic rings. The van der Waals surface area contributed by atoms with Crippen LogP contribution in [-0.2, 0) is 10.2 Å². The predicted molar refractivity (Wildman–Crippen MR) is 83.6 cm³/mol. The third-order valence-corrected chi connectivity index (χ3v) is 2.97. The molecule has 0 aliphatic heterocycles. The summed E-state index contributed by atoms with van der Waals surface area (Å²) in [4.78, 5) is 23.9. The van der Waals surface area contributed by atoms with Gasteiger partial charge in [-0.05, 0) is 23.1 Å². The minimum absolute atomic E-state index is 0.0424. The average molecular weight is 290 g/mol. The lowest BCUT2D eigenvalue weighted by Crippen LogP contribution is -2.38. The van der Waals surface area contributed by atoms with E-state index in [1.54, 1.807) is 0 Å². The smallest absolute Gasteiger partial charge is 0.323 e. The Morgan fingerprint density at radius 3 is 2.29 bits per heavy atom. The van der Waals surface area contributed by atoms with Gasteiger partial charge in [0.15, 0.2) is 0 Å². The standard InChI is InChI=1S/C16H22N2O3/c1-5-10-18(11-14(19)20)15(21)17-13-8-6-12(7-9-13)16(2,3)4/h5-9H,1,10-11H2,2-4H3,(H,17,21)(H,19,20). The first-order chi connectivity index (χ1) is 9.74. The van der Waals surface area contributed by atoms with Crippen molar-refractivity contribution in [2.45, 2.75) is 26.2 Å². The largest absolute Gasteiger partial charge is 0.480 e. The number of carbonyl (C=O) groups is 2. The van der Waals surface area contributed by atoms with Crippen LogP contribution in [0, 0.1) is 0 Å². The number of aliphatic carboxylic acids is 1. The molecule has 0 spiro atoms. The lowest BCUT2D eigenvalue weighted by Gasteiger charge is -2.21. The lowest BCUT2D eigenvalue weighted by atomic mass is 9.87. The van der Waals surface area contributed by atoms with E-state index < -0.39 is 12.0 Å². The minimum Gasteiger partial charge on any atom is -0.480 e. The zero-order chi connectivity index (χ0) is 16.0. The third-order valence-electron chi connectivity index (χ3n) is 2.97. The van der Waals surface area contributed by atoms with E-state index in [0.29, 0.717) is 5.69 Å². The second-order valence-electron chi connectivity index (χ2n) is 5.82. The maximum Gasteiger partial charge on any atom is 0.323 e. The van der Waals surface area contributed by atoms with Crippen LogP contribution in [0.1, 0.15) is 26.3 Å². The summed E-state index contributed by atoms with van der Waals surface area (Å²) in [5.41, 5.74) is 1.84. The minimum atomic E-state index is -1.06. The topological polar surface area (TPSA) is 69.6 Å². The van der Waals surface area contributed by atoms with E-state index in [9.17, 15) is 9.59 Å². The maximum atomic E-state index is 12.0. The number of benzene rings is 1. The van der Waals surface area contributed by atoms with Crippen molar-refractivity contribution in [2.24, 2.45) is 0 Å². The normalized spacial score (nSPS) is 10.8. The van der Waals surface area contributed by atoms with Gasteiger partial charge in [0.1, 0.15) is 6.54 Å². The zero-order valence-corrected chi connectivity index (χ0v) is 12.7. The molecule has 0 radical (unpaired) electrons. The van der Waals surface area contributed by atoms with Crippen molar-refractivity contribution in [3.05, 3.63) is 42.5 Å². The molecule has 5 nitrogen and oxygen atoms in total. The molecular formula is C16H22N2O3. The molecule has 1 rings (SSSR count). The SMILES string of the molecule is C=CCN(CC(=O)O)C(=O)Nc1ccc(C(C)(C)C)cc1. The predicted octanol–water partition coefficient (Wildman–Crippen LogP) is 3.09. The fourth-order valence-electron chi connectivity index (χ4n) is 1.79. The number of urea groups is 1. The van der Waals surface area contributed by atoms with Crippen molar-refractivity contribution in [2.75, 3.05) is 18.4 Å². The first-order valence-corrected chi connectivity index (χ1v) is 6.73. The number of amides is 2. The van der Waals surface area contributed by atoms with E-state index in [0.717, 1.165) is 5.56 Å². The van der Waals surface area contributed by atoms with Gasteiger partial charge in [-0.3, -0.25) is 4.79 Å². The summed E-state index contributed by atoms with van der Waals surface area (Å²) in [6.45, 7) is 9.67. The Labute approximate surface area is 125 Å². The number of carboxylic acids is 1. The highest BCUT2D eigenvalue weighted by Gasteiger charge is 2.16. The van der Waals surface area contributed by atoms with E-state index >= 15 is 0 Å². The Morgan fingerprint density at radius 1 is 1.29 bits per heavy atom. The van der Waals surface area contributed by atoms with Crippen LogP contribution in [0.15, 0.2) is 36.9 Å². The molecule has 1 aromatic rings. The molecule has 0 aromatic heterocycles. The average Bonchev–Trinajstić information content (AvgIpc) is 2.37. The summed E-state index contributed by atoms with van der Waals surface area (Å²) in [6, 6.07) is 7.06. The van der Waals surface area contributed by atoms with Crippen molar-refractivity contribution in [1.82, 2.24) is 4.90 Å². The number of carboxylic acid groups (broad SMARTS) is 1. The summed E-state index contributed by atoms with van der Waals surface area (Å²) in [5, 5.41) is 11.5. The first kappa shape index (κ1) is 16.8. The van der Waals surface area contributed by atoms with E-state index in [-0.39, 0.29) is 18.5 Å². The van der Waals surface area contributed by atoms with Crippen molar-refractivity contribution < 1.29 is 14.7 Å². The Hall–Kier alpha value is -2.30. The molecule has 2 N–H and O–H groups in total. The van der Waals surface area contributed by atoms with Gasteiger partial charge in [-0.25, -0.2) is 4.79 Å². The van der Waals surface area contributed by atoms with Crippen molar-refractivity contribution in [3.8, 4) is 0 Å². The van der Waals surface area contributed by atoms with Gasteiger partial charge in [-0.1, -0.05) is 39.0 Å². The number of hydrogen-bond donors (Lipinski definition) is 2. The molecule has 1 aromatic carbocycles. The molecule has 2 amide bonds. The van der Waals surface area contributed by atoms with Gasteiger partial charge >= 0.3 is 12.0 Å². The van der Waals surface area contributed by atoms with E-state index in [2.05, 4.69) is 32.7 Å². The molecule has 0 saturated carbocycles. The monoisotopic (exact) mass is 290 g/mol. The Kier molecular flexibility index (Phi) is 5.52. The molecule has 114 valence electrons. The quantitative estimate of drug-likeness (QED) is 0.819. The maximum absolute atomic E-state index is 12.0. The molecular weight excluding hydrogens is 268 g/mol. The van der Waals surface area contributed by atoms with Crippen LogP contribution in [0.3, 0.4) is 0 Å². The Morgan fingerprint density at radius 2 is 1.86 bits per heavy atom. The zero-order valence-electron chi connectivity index (χ0n) is 12.7. The summed E-state index contributed by atoms with van der Waals surface area (Å²) < 4.78 is 0. The molecule has 5 heteroatoms. The Bertz CT molecular complexity index is 515. The molecule has 0 bridgehead atoms. The highest BCUT2D eigenvalue weighted by molar-refractivity contribution is 5.91.